The number of nitrogens with one attached hydrogen (secondary N) is 1. The number of nitrogens with zero attached hydrogens (tertiary/aromatic N) is 1. The second kappa shape index (κ2) is 7.90. The number of amides is 1. The molecule has 0 atom stereocenters. The van der Waals surface area contributed by atoms with Crippen LogP contribution in [0.3, 0.4) is 0 Å². The average Bonchev–Trinajstić information content (AvgIpc) is 2.59. The highest BCUT2D eigenvalue weighted by molar-refractivity contribution is 5.98. The Kier molecular flexibility index (Phi) is 5.81. The molecule has 0 radical (unpaired) electrons. The minimum atomic E-state index is -4.98. The van der Waals surface area contributed by atoms with Crippen molar-refractivity contribution in [1.29, 1.82) is 0 Å². The van der Waals surface area contributed by atoms with Gasteiger partial charge < -0.3 is 15.8 Å². The van der Waals surface area contributed by atoms with Gasteiger partial charge in [-0.15, -0.1) is 0 Å². The standard InChI is InChI=1S/C16H11F4N3O5/c17-8-1-3-10(12(21)5-8)15(25)28-7-14(24)22-13-4-2-9(23(26)27)6-11(13)16(18,19)20/h1-6H,7,21H2,(H,22,24). The number of nitro groups is 1. The van der Waals surface area contributed by atoms with Crippen LogP contribution in [-0.4, -0.2) is 23.4 Å². The Morgan fingerprint density at radius 2 is 1.86 bits per heavy atom. The van der Waals surface area contributed by atoms with Crippen molar-refractivity contribution in [2.24, 2.45) is 0 Å². The third kappa shape index (κ3) is 4.93. The molecule has 1 amide bonds. The molecule has 2 rings (SSSR count). The van der Waals surface area contributed by atoms with E-state index < -0.39 is 52.3 Å². The summed E-state index contributed by atoms with van der Waals surface area (Å²) in [7, 11) is 0. The van der Waals surface area contributed by atoms with E-state index in [0.717, 1.165) is 24.3 Å². The quantitative estimate of drug-likeness (QED) is 0.261. The summed E-state index contributed by atoms with van der Waals surface area (Å²) in [6.45, 7) is -0.968. The van der Waals surface area contributed by atoms with Crippen LogP contribution in [0.2, 0.25) is 0 Å². The molecule has 0 bridgehead atoms. The summed E-state index contributed by atoms with van der Waals surface area (Å²) < 4.78 is 56.7. The lowest BCUT2D eigenvalue weighted by molar-refractivity contribution is -0.385. The molecule has 8 nitrogen and oxygen atoms in total. The van der Waals surface area contributed by atoms with E-state index in [0.29, 0.717) is 6.07 Å². The van der Waals surface area contributed by atoms with Crippen molar-refractivity contribution >= 4 is 28.9 Å². The number of nitrogen functional groups attached to an aromatic ring is 1. The number of alkyl halides is 3. The summed E-state index contributed by atoms with van der Waals surface area (Å²) in [5, 5.41) is 12.5. The maximum Gasteiger partial charge on any atom is 0.418 e. The van der Waals surface area contributed by atoms with Gasteiger partial charge >= 0.3 is 12.1 Å². The Morgan fingerprint density at radius 1 is 1.18 bits per heavy atom. The van der Waals surface area contributed by atoms with Crippen LogP contribution in [0.1, 0.15) is 15.9 Å². The van der Waals surface area contributed by atoms with Gasteiger partial charge in [-0.1, -0.05) is 0 Å². The molecule has 0 saturated heterocycles. The second-order valence-corrected chi connectivity index (χ2v) is 5.34. The first kappa shape index (κ1) is 20.6. The fourth-order valence-corrected chi connectivity index (χ4v) is 2.10. The first-order chi connectivity index (χ1) is 13.0. The van der Waals surface area contributed by atoms with Crippen LogP contribution in [0, 0.1) is 15.9 Å². The molecule has 0 heterocycles. The third-order valence-electron chi connectivity index (χ3n) is 3.36. The van der Waals surface area contributed by atoms with Crippen molar-refractivity contribution in [3.8, 4) is 0 Å². The predicted octanol–water partition coefficient (Wildman–Crippen LogP) is 3.13. The van der Waals surface area contributed by atoms with Crippen molar-refractivity contribution < 1.29 is 36.8 Å². The molecule has 0 aliphatic rings. The Balaban J connectivity index is 2.10. The van der Waals surface area contributed by atoms with Gasteiger partial charge in [0.2, 0.25) is 0 Å². The molecule has 148 valence electrons. The van der Waals surface area contributed by atoms with Gasteiger partial charge in [-0.3, -0.25) is 14.9 Å². The highest BCUT2D eigenvalue weighted by atomic mass is 19.4. The first-order valence-electron chi connectivity index (χ1n) is 7.36. The zero-order valence-corrected chi connectivity index (χ0v) is 13.7. The molecule has 0 saturated carbocycles. The summed E-state index contributed by atoms with van der Waals surface area (Å²) in [5.74, 6) is -2.93. The number of esters is 1. The van der Waals surface area contributed by atoms with Gasteiger partial charge in [0, 0.05) is 17.8 Å². The highest BCUT2D eigenvalue weighted by Crippen LogP contribution is 2.37. The maximum atomic E-state index is 13.1. The number of ether oxygens (including phenoxy) is 1. The van der Waals surface area contributed by atoms with Crippen LogP contribution in [0.15, 0.2) is 36.4 Å². The molecule has 28 heavy (non-hydrogen) atoms. The number of carbonyl (C=O) groups excluding carboxylic acids is 2. The predicted molar refractivity (Wildman–Crippen MR) is 87.8 cm³/mol. The fourth-order valence-electron chi connectivity index (χ4n) is 2.10. The van der Waals surface area contributed by atoms with Crippen LogP contribution in [-0.2, 0) is 15.7 Å². The number of rotatable bonds is 5. The molecule has 12 heteroatoms. The van der Waals surface area contributed by atoms with E-state index in [1.807, 2.05) is 5.32 Å². The molecule has 0 aliphatic heterocycles. The fraction of sp³-hybridized carbons (Fsp3) is 0.125. The Bertz CT molecular complexity index is 946. The van der Waals surface area contributed by atoms with Gasteiger partial charge in [0.05, 0.1) is 21.7 Å². The monoisotopic (exact) mass is 401 g/mol. The number of nitrogens with two attached hydrogens (primary N) is 1. The summed E-state index contributed by atoms with van der Waals surface area (Å²) in [4.78, 5) is 33.2. The molecular formula is C16H11F4N3O5. The van der Waals surface area contributed by atoms with Crippen molar-refractivity contribution in [3.63, 3.8) is 0 Å². The number of anilines is 2. The summed E-state index contributed by atoms with van der Waals surface area (Å²) in [5.41, 5.74) is 1.95. The third-order valence-corrected chi connectivity index (χ3v) is 3.36. The maximum absolute atomic E-state index is 13.1. The smallest absolute Gasteiger partial charge is 0.418 e. The van der Waals surface area contributed by atoms with E-state index in [9.17, 15) is 37.3 Å². The molecule has 0 aliphatic carbocycles. The number of carbonyl (C=O) groups is 2. The molecule has 0 unspecified atom stereocenters. The highest BCUT2D eigenvalue weighted by Gasteiger charge is 2.35. The normalized spacial score (nSPS) is 11.0. The molecular weight excluding hydrogens is 390 g/mol. The van der Waals surface area contributed by atoms with Gasteiger partial charge in [0.25, 0.3) is 11.6 Å². The van der Waals surface area contributed by atoms with Gasteiger partial charge in [-0.05, 0) is 24.3 Å². The molecule has 2 aromatic carbocycles. The lowest BCUT2D eigenvalue weighted by Crippen LogP contribution is -2.23. The molecule has 0 fully saturated rings. The number of benzene rings is 2. The number of nitro benzene ring substituents is 1. The van der Waals surface area contributed by atoms with Gasteiger partial charge in [-0.2, -0.15) is 13.2 Å². The SMILES string of the molecule is Nc1cc(F)ccc1C(=O)OCC(=O)Nc1ccc([N+](=O)[O-])cc1C(F)(F)F. The van der Waals surface area contributed by atoms with E-state index in [4.69, 9.17) is 5.73 Å². The largest absolute Gasteiger partial charge is 0.452 e. The van der Waals surface area contributed by atoms with Crippen molar-refractivity contribution in [2.75, 3.05) is 17.7 Å². The van der Waals surface area contributed by atoms with Gasteiger partial charge in [0.1, 0.15) is 5.82 Å². The number of hydrogen-bond acceptors (Lipinski definition) is 6. The zero-order valence-electron chi connectivity index (χ0n) is 13.7. The average molecular weight is 401 g/mol. The Morgan fingerprint density at radius 3 is 2.43 bits per heavy atom. The Hall–Kier alpha value is -3.70. The van der Waals surface area contributed by atoms with Crippen LogP contribution in [0.25, 0.3) is 0 Å². The minimum Gasteiger partial charge on any atom is -0.452 e. The van der Waals surface area contributed by atoms with E-state index >= 15 is 0 Å². The van der Waals surface area contributed by atoms with E-state index in [-0.39, 0.29) is 17.3 Å². The summed E-state index contributed by atoms with van der Waals surface area (Å²) in [6, 6.07) is 4.54. The lowest BCUT2D eigenvalue weighted by Gasteiger charge is -2.14. The molecule has 2 aromatic rings. The molecule has 3 N–H and O–H groups in total. The lowest BCUT2D eigenvalue weighted by atomic mass is 10.1. The second-order valence-electron chi connectivity index (χ2n) is 5.34. The van der Waals surface area contributed by atoms with E-state index in [2.05, 4.69) is 4.74 Å². The van der Waals surface area contributed by atoms with Crippen LogP contribution in [0.4, 0.5) is 34.6 Å². The zero-order chi connectivity index (χ0) is 21.1. The topological polar surface area (TPSA) is 125 Å². The van der Waals surface area contributed by atoms with Gasteiger partial charge in [0.15, 0.2) is 6.61 Å². The summed E-state index contributed by atoms with van der Waals surface area (Å²) >= 11 is 0. The van der Waals surface area contributed by atoms with E-state index in [1.165, 1.54) is 0 Å². The van der Waals surface area contributed by atoms with Crippen LogP contribution >= 0.6 is 0 Å². The van der Waals surface area contributed by atoms with Crippen molar-refractivity contribution in [1.82, 2.24) is 0 Å². The summed E-state index contributed by atoms with van der Waals surface area (Å²) in [6.07, 6.45) is -4.98. The molecule has 0 spiro atoms. The first-order valence-corrected chi connectivity index (χ1v) is 7.36. The number of non-ortho nitro benzene ring substituents is 1. The Labute approximate surface area is 154 Å². The van der Waals surface area contributed by atoms with Crippen molar-refractivity contribution in [3.05, 3.63) is 63.5 Å². The number of halogens is 4. The minimum absolute atomic E-state index is 0.236. The number of hydrogen-bond donors (Lipinski definition) is 2. The van der Waals surface area contributed by atoms with Crippen LogP contribution < -0.4 is 11.1 Å². The molecule has 0 aromatic heterocycles. The van der Waals surface area contributed by atoms with Gasteiger partial charge in [-0.25, -0.2) is 9.18 Å². The van der Waals surface area contributed by atoms with E-state index in [1.54, 1.807) is 0 Å². The van der Waals surface area contributed by atoms with Crippen LogP contribution in [0.5, 0.6) is 0 Å². The van der Waals surface area contributed by atoms with Crippen molar-refractivity contribution in [2.45, 2.75) is 6.18 Å².